The summed E-state index contributed by atoms with van der Waals surface area (Å²) < 4.78 is 1.83. The molecular weight excluding hydrogens is 295 g/mol. The molecule has 2 rings (SSSR count). The summed E-state index contributed by atoms with van der Waals surface area (Å²) in [6.45, 7) is 7.55. The molecule has 0 aliphatic rings. The minimum absolute atomic E-state index is 0.0322. The standard InChI is InChI=1S/C14H18Cl2N4/c1-14(2,3)18-7-13-17-9-19-20(13)8-10-6-11(15)4-5-12(10)16/h4-6,9,18H,7-8H2,1-3H3. The molecule has 0 bridgehead atoms. The molecule has 4 nitrogen and oxygen atoms in total. The lowest BCUT2D eigenvalue weighted by Crippen LogP contribution is -2.36. The second-order valence-electron chi connectivity index (χ2n) is 5.67. The van der Waals surface area contributed by atoms with Gasteiger partial charge in [-0.2, -0.15) is 5.10 Å². The SMILES string of the molecule is CC(C)(C)NCc1ncnn1Cc1cc(Cl)ccc1Cl. The first-order chi connectivity index (χ1) is 9.35. The largest absolute Gasteiger partial charge is 0.305 e. The minimum atomic E-state index is 0.0322. The Labute approximate surface area is 129 Å². The van der Waals surface area contributed by atoms with Crippen molar-refractivity contribution in [1.82, 2.24) is 20.1 Å². The van der Waals surface area contributed by atoms with E-state index in [0.29, 0.717) is 23.1 Å². The van der Waals surface area contributed by atoms with E-state index >= 15 is 0 Å². The molecular formula is C14H18Cl2N4. The van der Waals surface area contributed by atoms with Crippen LogP contribution in [0.4, 0.5) is 0 Å². The van der Waals surface area contributed by atoms with E-state index in [1.54, 1.807) is 18.5 Å². The van der Waals surface area contributed by atoms with Crippen LogP contribution in [-0.2, 0) is 13.1 Å². The average molecular weight is 313 g/mol. The second-order valence-corrected chi connectivity index (χ2v) is 6.52. The first-order valence-corrected chi connectivity index (χ1v) is 7.16. The Bertz CT molecular complexity index is 587. The maximum absolute atomic E-state index is 6.18. The molecule has 0 atom stereocenters. The van der Waals surface area contributed by atoms with Crippen LogP contribution in [0.15, 0.2) is 24.5 Å². The zero-order valence-corrected chi connectivity index (χ0v) is 13.3. The summed E-state index contributed by atoms with van der Waals surface area (Å²) in [5.74, 6) is 0.871. The van der Waals surface area contributed by atoms with Crippen LogP contribution in [-0.4, -0.2) is 20.3 Å². The van der Waals surface area contributed by atoms with E-state index in [2.05, 4.69) is 36.2 Å². The quantitative estimate of drug-likeness (QED) is 0.939. The Morgan fingerprint density at radius 2 is 2.00 bits per heavy atom. The monoisotopic (exact) mass is 312 g/mol. The molecule has 1 aromatic heterocycles. The summed E-state index contributed by atoms with van der Waals surface area (Å²) in [6.07, 6.45) is 1.55. The third-order valence-corrected chi connectivity index (χ3v) is 3.40. The van der Waals surface area contributed by atoms with Gasteiger partial charge < -0.3 is 5.32 Å². The summed E-state index contributed by atoms with van der Waals surface area (Å²) in [5.41, 5.74) is 0.964. The van der Waals surface area contributed by atoms with Gasteiger partial charge in [-0.25, -0.2) is 9.67 Å². The highest BCUT2D eigenvalue weighted by Gasteiger charge is 2.12. The van der Waals surface area contributed by atoms with Gasteiger partial charge in [0.1, 0.15) is 12.2 Å². The van der Waals surface area contributed by atoms with E-state index in [0.717, 1.165) is 11.4 Å². The van der Waals surface area contributed by atoms with Crippen molar-refractivity contribution < 1.29 is 0 Å². The van der Waals surface area contributed by atoms with E-state index in [-0.39, 0.29) is 5.54 Å². The van der Waals surface area contributed by atoms with Crippen molar-refractivity contribution in [1.29, 1.82) is 0 Å². The Kier molecular flexibility index (Phi) is 4.68. The van der Waals surface area contributed by atoms with Gasteiger partial charge in [-0.05, 0) is 44.5 Å². The fraction of sp³-hybridized carbons (Fsp3) is 0.429. The summed E-state index contributed by atoms with van der Waals surface area (Å²) >= 11 is 12.2. The molecule has 20 heavy (non-hydrogen) atoms. The number of aromatic nitrogens is 3. The predicted octanol–water partition coefficient (Wildman–Crippen LogP) is 3.52. The molecule has 2 aromatic rings. The van der Waals surface area contributed by atoms with Gasteiger partial charge in [-0.3, -0.25) is 0 Å². The topological polar surface area (TPSA) is 42.7 Å². The van der Waals surface area contributed by atoms with Crippen LogP contribution in [0.2, 0.25) is 10.0 Å². The predicted molar refractivity (Wildman–Crippen MR) is 82.2 cm³/mol. The minimum Gasteiger partial charge on any atom is -0.305 e. The van der Waals surface area contributed by atoms with Gasteiger partial charge in [0.25, 0.3) is 0 Å². The normalized spacial score (nSPS) is 11.8. The van der Waals surface area contributed by atoms with Crippen molar-refractivity contribution in [2.45, 2.75) is 39.4 Å². The molecule has 1 aromatic carbocycles. The first kappa shape index (κ1) is 15.3. The fourth-order valence-corrected chi connectivity index (χ4v) is 2.10. The van der Waals surface area contributed by atoms with Crippen LogP contribution < -0.4 is 5.32 Å². The third kappa shape index (κ3) is 4.20. The van der Waals surface area contributed by atoms with Crippen molar-refractivity contribution in [3.63, 3.8) is 0 Å². The van der Waals surface area contributed by atoms with Gasteiger partial charge >= 0.3 is 0 Å². The fourth-order valence-electron chi connectivity index (χ4n) is 1.73. The van der Waals surface area contributed by atoms with Gasteiger partial charge in [0.2, 0.25) is 0 Å². The Morgan fingerprint density at radius 3 is 2.70 bits per heavy atom. The number of rotatable bonds is 4. The summed E-state index contributed by atoms with van der Waals surface area (Å²) in [7, 11) is 0. The molecule has 0 radical (unpaired) electrons. The molecule has 0 fully saturated rings. The lowest BCUT2D eigenvalue weighted by atomic mass is 10.1. The van der Waals surface area contributed by atoms with Crippen LogP contribution in [0, 0.1) is 0 Å². The highest BCUT2D eigenvalue weighted by Crippen LogP contribution is 2.21. The Hall–Kier alpha value is -1.10. The van der Waals surface area contributed by atoms with E-state index < -0.39 is 0 Å². The number of hydrogen-bond acceptors (Lipinski definition) is 3. The maximum Gasteiger partial charge on any atom is 0.141 e. The lowest BCUT2D eigenvalue weighted by molar-refractivity contribution is 0.410. The van der Waals surface area contributed by atoms with E-state index in [1.807, 2.05) is 10.7 Å². The lowest BCUT2D eigenvalue weighted by Gasteiger charge is -2.20. The van der Waals surface area contributed by atoms with Crippen LogP contribution in [0.25, 0.3) is 0 Å². The van der Waals surface area contributed by atoms with Gasteiger partial charge in [-0.1, -0.05) is 23.2 Å². The zero-order chi connectivity index (χ0) is 14.8. The smallest absolute Gasteiger partial charge is 0.141 e. The van der Waals surface area contributed by atoms with Crippen molar-refractivity contribution in [3.05, 3.63) is 46.0 Å². The highest BCUT2D eigenvalue weighted by molar-refractivity contribution is 6.33. The van der Waals surface area contributed by atoms with Gasteiger partial charge in [0.05, 0.1) is 13.1 Å². The maximum atomic E-state index is 6.18. The Balaban J connectivity index is 2.14. The summed E-state index contributed by atoms with van der Waals surface area (Å²) in [4.78, 5) is 4.28. The van der Waals surface area contributed by atoms with Gasteiger partial charge in [0.15, 0.2) is 0 Å². The van der Waals surface area contributed by atoms with Crippen LogP contribution in [0.5, 0.6) is 0 Å². The number of benzene rings is 1. The molecule has 0 saturated carbocycles. The van der Waals surface area contributed by atoms with Crippen LogP contribution >= 0.6 is 23.2 Å². The highest BCUT2D eigenvalue weighted by atomic mass is 35.5. The van der Waals surface area contributed by atoms with E-state index in [4.69, 9.17) is 23.2 Å². The molecule has 0 amide bonds. The van der Waals surface area contributed by atoms with E-state index in [9.17, 15) is 0 Å². The zero-order valence-electron chi connectivity index (χ0n) is 11.8. The molecule has 1 heterocycles. The second kappa shape index (κ2) is 6.12. The van der Waals surface area contributed by atoms with Crippen molar-refractivity contribution in [2.75, 3.05) is 0 Å². The molecule has 0 aliphatic carbocycles. The van der Waals surface area contributed by atoms with Crippen LogP contribution in [0.3, 0.4) is 0 Å². The number of halogens is 2. The molecule has 0 saturated heterocycles. The number of nitrogens with zero attached hydrogens (tertiary/aromatic N) is 3. The number of hydrogen-bond donors (Lipinski definition) is 1. The molecule has 108 valence electrons. The molecule has 0 aliphatic heterocycles. The molecule has 0 unspecified atom stereocenters. The molecule has 0 spiro atoms. The van der Waals surface area contributed by atoms with Crippen molar-refractivity contribution >= 4 is 23.2 Å². The summed E-state index contributed by atoms with van der Waals surface area (Å²) in [6, 6.07) is 5.42. The van der Waals surface area contributed by atoms with E-state index in [1.165, 1.54) is 0 Å². The van der Waals surface area contributed by atoms with Crippen molar-refractivity contribution in [3.8, 4) is 0 Å². The Morgan fingerprint density at radius 1 is 1.25 bits per heavy atom. The molecule has 6 heteroatoms. The summed E-state index contributed by atoms with van der Waals surface area (Å²) in [5, 5.41) is 8.99. The van der Waals surface area contributed by atoms with Crippen molar-refractivity contribution in [2.24, 2.45) is 0 Å². The van der Waals surface area contributed by atoms with Gasteiger partial charge in [0, 0.05) is 15.6 Å². The van der Waals surface area contributed by atoms with Gasteiger partial charge in [-0.15, -0.1) is 0 Å². The molecule has 1 N–H and O–H groups in total. The first-order valence-electron chi connectivity index (χ1n) is 6.41. The number of nitrogens with one attached hydrogen (secondary N) is 1. The van der Waals surface area contributed by atoms with Crippen LogP contribution in [0.1, 0.15) is 32.2 Å². The average Bonchev–Trinajstić information content (AvgIpc) is 2.78. The third-order valence-electron chi connectivity index (χ3n) is 2.80.